The largest absolute Gasteiger partial charge is 0.444 e. The molecule has 0 saturated heterocycles. The molecule has 0 aromatic rings. The summed E-state index contributed by atoms with van der Waals surface area (Å²) < 4.78 is 5.24. The molecule has 0 unspecified atom stereocenters. The maximum absolute atomic E-state index is 12.9. The Balaban J connectivity index is 5.23. The third kappa shape index (κ3) is 13.0. The number of nitrogens with one attached hydrogen (secondary N) is 3. The van der Waals surface area contributed by atoms with Crippen LogP contribution in [0.25, 0.3) is 0 Å². The fourth-order valence-electron chi connectivity index (χ4n) is 2.86. The first-order valence-corrected chi connectivity index (χ1v) is 11.0. The highest BCUT2D eigenvalue weighted by molar-refractivity contribution is 5.92. The lowest BCUT2D eigenvalue weighted by Crippen LogP contribution is -2.57. The number of hydrogen-bond acceptors (Lipinski definition) is 6. The number of alkyl carbamates (subject to hydrolysis) is 1. The van der Waals surface area contributed by atoms with Crippen molar-refractivity contribution >= 4 is 24.2 Å². The Morgan fingerprint density at radius 1 is 0.968 bits per heavy atom. The van der Waals surface area contributed by atoms with Gasteiger partial charge in [-0.15, -0.1) is 0 Å². The predicted molar refractivity (Wildman–Crippen MR) is 120 cm³/mol. The van der Waals surface area contributed by atoms with Crippen LogP contribution in [-0.2, 0) is 19.1 Å². The molecule has 0 aliphatic rings. The second kappa shape index (κ2) is 14.0. The van der Waals surface area contributed by atoms with Crippen molar-refractivity contribution < 1.29 is 23.9 Å². The molecule has 0 saturated carbocycles. The van der Waals surface area contributed by atoms with Crippen molar-refractivity contribution in [2.45, 2.75) is 97.9 Å². The van der Waals surface area contributed by atoms with Gasteiger partial charge in [-0.3, -0.25) is 14.4 Å². The zero-order valence-electron chi connectivity index (χ0n) is 20.0. The summed E-state index contributed by atoms with van der Waals surface area (Å²) in [6.07, 6.45) is 3.37. The Bertz CT molecular complexity index is 587. The number of unbranched alkanes of at least 4 members (excludes halogenated alkanes) is 1. The maximum Gasteiger partial charge on any atom is 0.408 e. The van der Waals surface area contributed by atoms with E-state index in [1.807, 2.05) is 20.1 Å². The molecule has 9 heteroatoms. The Kier molecular flexibility index (Phi) is 13.0. The number of ether oxygens (including phenoxy) is 1. The van der Waals surface area contributed by atoms with Crippen molar-refractivity contribution in [3.63, 3.8) is 0 Å². The van der Waals surface area contributed by atoms with E-state index in [9.17, 15) is 19.2 Å². The van der Waals surface area contributed by atoms with Gasteiger partial charge in [-0.2, -0.15) is 0 Å². The molecular weight excluding hydrogens is 400 g/mol. The van der Waals surface area contributed by atoms with Crippen LogP contribution in [0.1, 0.15) is 74.1 Å². The van der Waals surface area contributed by atoms with Crippen LogP contribution in [0.2, 0.25) is 0 Å². The van der Waals surface area contributed by atoms with Crippen LogP contribution in [0.4, 0.5) is 4.79 Å². The quantitative estimate of drug-likeness (QED) is 0.321. The molecule has 0 heterocycles. The van der Waals surface area contributed by atoms with Crippen molar-refractivity contribution in [2.24, 2.45) is 17.6 Å². The molecule has 0 aliphatic carbocycles. The maximum atomic E-state index is 12.9. The van der Waals surface area contributed by atoms with Gasteiger partial charge in [0.2, 0.25) is 18.1 Å². The van der Waals surface area contributed by atoms with Gasteiger partial charge in [0.25, 0.3) is 0 Å². The van der Waals surface area contributed by atoms with E-state index in [4.69, 9.17) is 10.5 Å². The smallest absolute Gasteiger partial charge is 0.408 e. The van der Waals surface area contributed by atoms with Crippen LogP contribution in [0.5, 0.6) is 0 Å². The van der Waals surface area contributed by atoms with Crippen LogP contribution >= 0.6 is 0 Å². The summed E-state index contributed by atoms with van der Waals surface area (Å²) >= 11 is 0. The van der Waals surface area contributed by atoms with Crippen LogP contribution < -0.4 is 21.7 Å². The summed E-state index contributed by atoms with van der Waals surface area (Å²) in [7, 11) is 0. The van der Waals surface area contributed by atoms with Gasteiger partial charge in [0.05, 0.1) is 6.04 Å². The summed E-state index contributed by atoms with van der Waals surface area (Å²) in [5.74, 6) is -1.06. The van der Waals surface area contributed by atoms with Gasteiger partial charge in [-0.1, -0.05) is 27.7 Å². The number of carbonyl (C=O) groups excluding carboxylic acids is 4. The van der Waals surface area contributed by atoms with Gasteiger partial charge in [0.1, 0.15) is 17.7 Å². The second-order valence-electron chi connectivity index (χ2n) is 9.52. The minimum Gasteiger partial charge on any atom is -0.444 e. The molecule has 5 N–H and O–H groups in total. The van der Waals surface area contributed by atoms with E-state index < -0.39 is 41.6 Å². The fraction of sp³-hybridized carbons (Fsp3) is 0.818. The molecule has 3 amide bonds. The zero-order valence-corrected chi connectivity index (χ0v) is 20.0. The summed E-state index contributed by atoms with van der Waals surface area (Å²) in [4.78, 5) is 49.0. The number of nitrogens with two attached hydrogens (primary N) is 1. The summed E-state index contributed by atoms with van der Waals surface area (Å²) in [5, 5.41) is 7.95. The van der Waals surface area contributed by atoms with Crippen LogP contribution in [-0.4, -0.2) is 54.5 Å². The summed E-state index contributed by atoms with van der Waals surface area (Å²) in [5.41, 5.74) is 4.76. The molecule has 9 nitrogen and oxygen atoms in total. The number of rotatable bonds is 13. The average Bonchev–Trinajstić information content (AvgIpc) is 2.62. The van der Waals surface area contributed by atoms with E-state index in [0.717, 1.165) is 6.42 Å². The molecule has 0 fully saturated rings. The third-order valence-corrected chi connectivity index (χ3v) is 4.37. The Morgan fingerprint density at radius 2 is 1.58 bits per heavy atom. The van der Waals surface area contributed by atoms with E-state index in [2.05, 4.69) is 16.0 Å². The topological polar surface area (TPSA) is 140 Å². The molecule has 179 valence electrons. The van der Waals surface area contributed by atoms with Crippen molar-refractivity contribution in [1.29, 1.82) is 0 Å². The first kappa shape index (κ1) is 28.8. The number of amides is 3. The molecule has 0 aromatic carbocycles. The van der Waals surface area contributed by atoms with Crippen LogP contribution in [0, 0.1) is 11.8 Å². The first-order valence-electron chi connectivity index (χ1n) is 11.0. The first-order chi connectivity index (χ1) is 14.3. The van der Waals surface area contributed by atoms with Gasteiger partial charge >= 0.3 is 6.09 Å². The van der Waals surface area contributed by atoms with Crippen molar-refractivity contribution in [3.8, 4) is 0 Å². The van der Waals surface area contributed by atoms with Crippen LogP contribution in [0.15, 0.2) is 0 Å². The minimum absolute atomic E-state index is 0.114. The van der Waals surface area contributed by atoms with Gasteiger partial charge in [0.15, 0.2) is 0 Å². The second-order valence-corrected chi connectivity index (χ2v) is 9.52. The zero-order chi connectivity index (χ0) is 24.2. The minimum atomic E-state index is -0.879. The molecule has 0 bridgehead atoms. The SMILES string of the molecule is CC(C)C[C@H](NC(=O)[C@H](NC(=O)OC(C)(C)C)C(C)C)C(=O)N[C@H]([C]=O)CCCCN. The highest BCUT2D eigenvalue weighted by Gasteiger charge is 2.31. The van der Waals surface area contributed by atoms with Crippen molar-refractivity contribution in [1.82, 2.24) is 16.0 Å². The molecular formula is C22H41N4O5. The Labute approximate surface area is 186 Å². The molecule has 31 heavy (non-hydrogen) atoms. The van der Waals surface area contributed by atoms with Gasteiger partial charge < -0.3 is 26.4 Å². The summed E-state index contributed by atoms with van der Waals surface area (Å²) in [6.45, 7) is 13.1. The Hall–Kier alpha value is -2.16. The van der Waals surface area contributed by atoms with E-state index in [0.29, 0.717) is 25.8 Å². The molecule has 0 rings (SSSR count). The Morgan fingerprint density at radius 3 is 2.03 bits per heavy atom. The lowest BCUT2D eigenvalue weighted by Gasteiger charge is -2.28. The molecule has 1 radical (unpaired) electrons. The average molecular weight is 442 g/mol. The normalized spacial score (nSPS) is 14.5. The predicted octanol–water partition coefficient (Wildman–Crippen LogP) is 1.79. The highest BCUT2D eigenvalue weighted by atomic mass is 16.6. The molecule has 0 aliphatic heterocycles. The number of hydrogen-bond donors (Lipinski definition) is 4. The van der Waals surface area contributed by atoms with Gasteiger partial charge in [0, 0.05) is 0 Å². The van der Waals surface area contributed by atoms with Gasteiger partial charge in [-0.25, -0.2) is 4.79 Å². The lowest BCUT2D eigenvalue weighted by atomic mass is 9.99. The van der Waals surface area contributed by atoms with E-state index in [1.54, 1.807) is 34.6 Å². The van der Waals surface area contributed by atoms with Crippen molar-refractivity contribution in [2.75, 3.05) is 6.54 Å². The van der Waals surface area contributed by atoms with Gasteiger partial charge in [-0.05, 0) is 64.8 Å². The monoisotopic (exact) mass is 441 g/mol. The fourth-order valence-corrected chi connectivity index (χ4v) is 2.86. The highest BCUT2D eigenvalue weighted by Crippen LogP contribution is 2.11. The summed E-state index contributed by atoms with van der Waals surface area (Å²) in [6, 6.07) is -2.48. The lowest BCUT2D eigenvalue weighted by molar-refractivity contribution is -0.131. The standard InChI is InChI=1S/C22H41N4O5/c1-14(2)12-17(19(28)24-16(13-27)10-8-9-11-23)25-20(29)18(15(3)4)26-21(30)31-22(5,6)7/h14-18H,8-12,23H2,1-7H3,(H,24,28)(H,25,29)(H,26,30)/t16-,17-,18+/m0/s1. The van der Waals surface area contributed by atoms with Crippen LogP contribution in [0.3, 0.4) is 0 Å². The van der Waals surface area contributed by atoms with E-state index in [1.165, 1.54) is 0 Å². The molecule has 0 spiro atoms. The van der Waals surface area contributed by atoms with E-state index >= 15 is 0 Å². The van der Waals surface area contributed by atoms with Crippen molar-refractivity contribution in [3.05, 3.63) is 0 Å². The number of carbonyl (C=O) groups is 3. The third-order valence-electron chi connectivity index (χ3n) is 4.37. The van der Waals surface area contributed by atoms with E-state index in [-0.39, 0.29) is 11.8 Å². The molecule has 0 aromatic heterocycles. The molecule has 3 atom stereocenters.